The lowest BCUT2D eigenvalue weighted by Gasteiger charge is -2.27. The van der Waals surface area contributed by atoms with E-state index in [1.165, 1.54) is 31.4 Å². The third-order valence-electron chi connectivity index (χ3n) is 4.22. The van der Waals surface area contributed by atoms with Crippen molar-refractivity contribution < 1.29 is 4.79 Å². The van der Waals surface area contributed by atoms with Crippen molar-refractivity contribution in [2.24, 2.45) is 11.8 Å². The highest BCUT2D eigenvalue weighted by Gasteiger charge is 2.30. The number of hydrogen-bond acceptors (Lipinski definition) is 2. The van der Waals surface area contributed by atoms with Crippen LogP contribution in [0.3, 0.4) is 0 Å². The van der Waals surface area contributed by atoms with Gasteiger partial charge in [0.05, 0.1) is 0 Å². The minimum absolute atomic E-state index is 0.271. The zero-order valence-corrected chi connectivity index (χ0v) is 11.8. The summed E-state index contributed by atoms with van der Waals surface area (Å²) in [5.41, 5.74) is 2.10. The van der Waals surface area contributed by atoms with Gasteiger partial charge in [-0.05, 0) is 49.7 Å². The lowest BCUT2D eigenvalue weighted by Crippen LogP contribution is -2.29. The van der Waals surface area contributed by atoms with Crippen LogP contribution in [0, 0.1) is 11.8 Å². The molecule has 2 heteroatoms. The zero-order valence-electron chi connectivity index (χ0n) is 11.8. The molecule has 0 saturated heterocycles. The lowest BCUT2D eigenvalue weighted by molar-refractivity contribution is 0.0988. The maximum absolute atomic E-state index is 12.1. The van der Waals surface area contributed by atoms with Gasteiger partial charge in [-0.2, -0.15) is 0 Å². The fourth-order valence-electron chi connectivity index (χ4n) is 2.67. The van der Waals surface area contributed by atoms with Crippen LogP contribution in [0.25, 0.3) is 0 Å². The monoisotopic (exact) mass is 257 g/mol. The Morgan fingerprint density at radius 3 is 2.21 bits per heavy atom. The molecule has 102 valence electrons. The molecule has 0 bridgehead atoms. The van der Waals surface area contributed by atoms with Crippen molar-refractivity contribution in [3.05, 3.63) is 29.8 Å². The number of benzene rings is 1. The van der Waals surface area contributed by atoms with Gasteiger partial charge in [0.1, 0.15) is 0 Å². The van der Waals surface area contributed by atoms with Crippen molar-refractivity contribution in [2.75, 3.05) is 18.0 Å². The molecule has 2 saturated carbocycles. The predicted octanol–water partition coefficient (Wildman–Crippen LogP) is 3.91. The van der Waals surface area contributed by atoms with E-state index in [1.807, 2.05) is 19.1 Å². The topological polar surface area (TPSA) is 20.3 Å². The SMILES string of the molecule is CCC(=O)c1ccccc1N(CC1CC1)CC1CC1. The van der Waals surface area contributed by atoms with Gasteiger partial charge in [0.2, 0.25) is 0 Å². The second-order valence-corrected chi connectivity index (χ2v) is 6.09. The summed E-state index contributed by atoms with van der Waals surface area (Å²) in [7, 11) is 0. The van der Waals surface area contributed by atoms with Crippen molar-refractivity contribution >= 4 is 11.5 Å². The van der Waals surface area contributed by atoms with Crippen LogP contribution in [-0.2, 0) is 0 Å². The van der Waals surface area contributed by atoms with Crippen molar-refractivity contribution in [2.45, 2.75) is 39.0 Å². The molecule has 2 fully saturated rings. The minimum atomic E-state index is 0.271. The maximum atomic E-state index is 12.1. The maximum Gasteiger partial charge on any atom is 0.164 e. The number of nitrogens with zero attached hydrogens (tertiary/aromatic N) is 1. The number of ketones is 1. The summed E-state index contributed by atoms with van der Waals surface area (Å²) in [6.07, 6.45) is 6.06. The Bertz CT molecular complexity index is 446. The highest BCUT2D eigenvalue weighted by molar-refractivity contribution is 6.01. The van der Waals surface area contributed by atoms with Crippen molar-refractivity contribution in [3.8, 4) is 0 Å². The first kappa shape index (κ1) is 12.7. The van der Waals surface area contributed by atoms with Crippen LogP contribution in [-0.4, -0.2) is 18.9 Å². The molecule has 2 nitrogen and oxygen atoms in total. The molecule has 0 aromatic heterocycles. The van der Waals surface area contributed by atoms with Crippen LogP contribution in [0.4, 0.5) is 5.69 Å². The van der Waals surface area contributed by atoms with E-state index in [1.54, 1.807) is 0 Å². The first-order valence-electron chi connectivity index (χ1n) is 7.65. The molecule has 1 aromatic carbocycles. The van der Waals surface area contributed by atoms with Gasteiger partial charge < -0.3 is 4.90 Å². The molecule has 1 aromatic rings. The number of rotatable bonds is 7. The van der Waals surface area contributed by atoms with Gasteiger partial charge in [0.25, 0.3) is 0 Å². The molecule has 0 atom stereocenters. The summed E-state index contributed by atoms with van der Waals surface area (Å²) in [5, 5.41) is 0. The van der Waals surface area contributed by atoms with E-state index < -0.39 is 0 Å². The lowest BCUT2D eigenvalue weighted by atomic mass is 10.0. The number of anilines is 1. The van der Waals surface area contributed by atoms with Crippen molar-refractivity contribution in [1.82, 2.24) is 0 Å². The second kappa shape index (κ2) is 5.36. The second-order valence-electron chi connectivity index (χ2n) is 6.09. The van der Waals surface area contributed by atoms with E-state index in [0.717, 1.165) is 30.5 Å². The number of para-hydroxylation sites is 1. The number of carbonyl (C=O) groups excluding carboxylic acids is 1. The summed E-state index contributed by atoms with van der Waals surface area (Å²) < 4.78 is 0. The normalized spacial score (nSPS) is 18.4. The summed E-state index contributed by atoms with van der Waals surface area (Å²) in [6.45, 7) is 4.24. The first-order chi connectivity index (χ1) is 9.28. The molecule has 0 heterocycles. The molecule has 0 spiro atoms. The molecule has 0 unspecified atom stereocenters. The molecule has 0 aliphatic heterocycles. The quantitative estimate of drug-likeness (QED) is 0.690. The smallest absolute Gasteiger partial charge is 0.164 e. The van der Waals surface area contributed by atoms with E-state index in [0.29, 0.717) is 6.42 Å². The third-order valence-corrected chi connectivity index (χ3v) is 4.22. The highest BCUT2D eigenvalue weighted by Crippen LogP contribution is 2.36. The average molecular weight is 257 g/mol. The standard InChI is InChI=1S/C17H23NO/c1-2-17(19)15-5-3-4-6-16(15)18(11-13-7-8-13)12-14-9-10-14/h3-6,13-14H,2,7-12H2,1H3. The molecule has 2 aliphatic rings. The number of Topliss-reactive ketones (excluding diaryl/α,β-unsaturated/α-hetero) is 1. The fraction of sp³-hybridized carbons (Fsp3) is 0.588. The summed E-state index contributed by atoms with van der Waals surface area (Å²) in [5.74, 6) is 2.00. The van der Waals surface area contributed by atoms with Gasteiger partial charge >= 0.3 is 0 Å². The Hall–Kier alpha value is -1.31. The highest BCUT2D eigenvalue weighted by atomic mass is 16.1. The Morgan fingerprint density at radius 1 is 1.11 bits per heavy atom. The molecule has 3 rings (SSSR count). The fourth-order valence-corrected chi connectivity index (χ4v) is 2.67. The van der Waals surface area contributed by atoms with Crippen molar-refractivity contribution in [1.29, 1.82) is 0 Å². The van der Waals surface area contributed by atoms with Crippen LogP contribution >= 0.6 is 0 Å². The third kappa shape index (κ3) is 3.17. The molecule has 0 radical (unpaired) electrons. The molecule has 0 amide bonds. The Kier molecular flexibility index (Phi) is 3.58. The number of carbonyl (C=O) groups is 1. The first-order valence-corrected chi connectivity index (χ1v) is 7.65. The van der Waals surface area contributed by atoms with Gasteiger partial charge in [-0.1, -0.05) is 19.1 Å². The molecular weight excluding hydrogens is 234 g/mol. The number of hydrogen-bond donors (Lipinski definition) is 0. The van der Waals surface area contributed by atoms with Gasteiger partial charge in [-0.15, -0.1) is 0 Å². The van der Waals surface area contributed by atoms with Gasteiger partial charge in [-0.25, -0.2) is 0 Å². The van der Waals surface area contributed by atoms with Gasteiger partial charge in [0, 0.05) is 30.8 Å². The van der Waals surface area contributed by atoms with E-state index >= 15 is 0 Å². The van der Waals surface area contributed by atoms with Crippen LogP contribution < -0.4 is 4.90 Å². The molecule has 2 aliphatic carbocycles. The molecule has 0 N–H and O–H groups in total. The van der Waals surface area contributed by atoms with E-state index in [4.69, 9.17) is 0 Å². The van der Waals surface area contributed by atoms with Gasteiger partial charge in [0.15, 0.2) is 5.78 Å². The Morgan fingerprint density at radius 2 is 1.68 bits per heavy atom. The average Bonchev–Trinajstić information content (AvgIpc) is 3.32. The van der Waals surface area contributed by atoms with E-state index in [9.17, 15) is 4.79 Å². The zero-order chi connectivity index (χ0) is 13.2. The van der Waals surface area contributed by atoms with E-state index in [2.05, 4.69) is 17.0 Å². The van der Waals surface area contributed by atoms with Crippen molar-refractivity contribution in [3.63, 3.8) is 0 Å². The predicted molar refractivity (Wildman–Crippen MR) is 78.7 cm³/mol. The van der Waals surface area contributed by atoms with E-state index in [-0.39, 0.29) is 5.78 Å². The van der Waals surface area contributed by atoms with Crippen LogP contribution in [0.2, 0.25) is 0 Å². The summed E-state index contributed by atoms with van der Waals surface area (Å²) in [4.78, 5) is 14.6. The molecular formula is C17H23NO. The van der Waals surface area contributed by atoms with Gasteiger partial charge in [-0.3, -0.25) is 4.79 Å². The largest absolute Gasteiger partial charge is 0.370 e. The van der Waals surface area contributed by atoms with Crippen LogP contribution in [0.5, 0.6) is 0 Å². The van der Waals surface area contributed by atoms with Crippen LogP contribution in [0.1, 0.15) is 49.4 Å². The van der Waals surface area contributed by atoms with Crippen LogP contribution in [0.15, 0.2) is 24.3 Å². The Labute approximate surface area is 115 Å². The summed E-state index contributed by atoms with van der Waals surface area (Å²) >= 11 is 0. The minimum Gasteiger partial charge on any atom is -0.370 e. The molecule has 19 heavy (non-hydrogen) atoms. The summed E-state index contributed by atoms with van der Waals surface area (Å²) in [6, 6.07) is 8.18. The Balaban J connectivity index is 1.84.